The first-order chi connectivity index (χ1) is 6.22. The lowest BCUT2D eigenvalue weighted by molar-refractivity contribution is 0.298. The maximum atomic E-state index is 3.24. The zero-order chi connectivity index (χ0) is 9.68. The normalized spacial score (nSPS) is 13.5. The summed E-state index contributed by atoms with van der Waals surface area (Å²) in [5.74, 6) is 0. The maximum absolute atomic E-state index is 3.24. The quantitative estimate of drug-likeness (QED) is 0.776. The molecule has 0 bridgehead atoms. The van der Waals surface area contributed by atoms with Crippen LogP contribution in [0.25, 0.3) is 0 Å². The minimum absolute atomic E-state index is 0.560. The smallest absolute Gasteiger partial charge is 0.0325 e. The van der Waals surface area contributed by atoms with Gasteiger partial charge in [0.1, 0.15) is 0 Å². The third-order valence-corrected chi connectivity index (χ3v) is 2.95. The number of hydrogen-bond donors (Lipinski definition) is 1. The van der Waals surface area contributed by atoms with Gasteiger partial charge in [-0.1, -0.05) is 6.07 Å². The zero-order valence-electron chi connectivity index (χ0n) is 8.58. The van der Waals surface area contributed by atoms with Gasteiger partial charge in [0, 0.05) is 24.0 Å². The number of likely N-dealkylation sites (N-methyl/N-ethyl adjacent to an activating group) is 2. The second kappa shape index (κ2) is 5.37. The lowest BCUT2D eigenvalue weighted by Crippen LogP contribution is -2.34. The van der Waals surface area contributed by atoms with Crippen molar-refractivity contribution in [2.75, 3.05) is 20.6 Å². The van der Waals surface area contributed by atoms with Crippen molar-refractivity contribution in [3.63, 3.8) is 0 Å². The van der Waals surface area contributed by atoms with Crippen LogP contribution in [0.4, 0.5) is 0 Å². The first-order valence-corrected chi connectivity index (χ1v) is 5.48. The Kier molecular flexibility index (Phi) is 4.42. The summed E-state index contributed by atoms with van der Waals surface area (Å²) < 4.78 is 0. The van der Waals surface area contributed by atoms with Crippen molar-refractivity contribution in [3.8, 4) is 0 Å². The van der Waals surface area contributed by atoms with Crippen molar-refractivity contribution in [1.29, 1.82) is 0 Å². The van der Waals surface area contributed by atoms with Gasteiger partial charge in [-0.25, -0.2) is 0 Å². The lowest BCUT2D eigenvalue weighted by Gasteiger charge is -2.20. The van der Waals surface area contributed by atoms with E-state index >= 15 is 0 Å². The van der Waals surface area contributed by atoms with Crippen LogP contribution in [-0.4, -0.2) is 31.6 Å². The summed E-state index contributed by atoms with van der Waals surface area (Å²) in [6.07, 6.45) is 0. The van der Waals surface area contributed by atoms with Gasteiger partial charge >= 0.3 is 0 Å². The third-order valence-electron chi connectivity index (χ3n) is 2.08. The highest BCUT2D eigenvalue weighted by atomic mass is 32.1. The Labute approximate surface area is 84.6 Å². The lowest BCUT2D eigenvalue weighted by atomic mass is 10.3. The number of thiophene rings is 1. The SMILES string of the molecule is CNC(C)CN(C)Cc1cccs1. The molecule has 13 heavy (non-hydrogen) atoms. The predicted octanol–water partition coefficient (Wildman–Crippen LogP) is 1.79. The van der Waals surface area contributed by atoms with E-state index in [-0.39, 0.29) is 0 Å². The molecule has 0 spiro atoms. The molecule has 0 saturated carbocycles. The molecule has 1 N–H and O–H groups in total. The van der Waals surface area contributed by atoms with Crippen molar-refractivity contribution < 1.29 is 0 Å². The molecular weight excluding hydrogens is 180 g/mol. The topological polar surface area (TPSA) is 15.3 Å². The van der Waals surface area contributed by atoms with E-state index in [4.69, 9.17) is 0 Å². The molecule has 0 fully saturated rings. The zero-order valence-corrected chi connectivity index (χ0v) is 9.40. The summed E-state index contributed by atoms with van der Waals surface area (Å²) in [7, 11) is 4.16. The third kappa shape index (κ3) is 3.89. The van der Waals surface area contributed by atoms with Crippen LogP contribution in [0.2, 0.25) is 0 Å². The molecule has 1 heterocycles. The van der Waals surface area contributed by atoms with Gasteiger partial charge in [-0.15, -0.1) is 11.3 Å². The standard InChI is InChI=1S/C10H18N2S/c1-9(11-2)7-12(3)8-10-5-4-6-13-10/h4-6,9,11H,7-8H2,1-3H3. The van der Waals surface area contributed by atoms with E-state index in [2.05, 4.69) is 41.7 Å². The van der Waals surface area contributed by atoms with Gasteiger partial charge in [-0.3, -0.25) is 4.90 Å². The van der Waals surface area contributed by atoms with Crippen LogP contribution < -0.4 is 5.32 Å². The van der Waals surface area contributed by atoms with Crippen molar-refractivity contribution in [1.82, 2.24) is 10.2 Å². The van der Waals surface area contributed by atoms with E-state index in [9.17, 15) is 0 Å². The highest BCUT2D eigenvalue weighted by molar-refractivity contribution is 7.09. The Bertz CT molecular complexity index is 221. The average Bonchev–Trinajstić information content (AvgIpc) is 2.56. The monoisotopic (exact) mass is 198 g/mol. The molecule has 0 radical (unpaired) electrons. The van der Waals surface area contributed by atoms with Crippen LogP contribution in [-0.2, 0) is 6.54 Å². The predicted molar refractivity (Wildman–Crippen MR) is 59.2 cm³/mol. The summed E-state index contributed by atoms with van der Waals surface area (Å²) in [5, 5.41) is 5.37. The van der Waals surface area contributed by atoms with Gasteiger partial charge in [-0.2, -0.15) is 0 Å². The molecule has 74 valence electrons. The minimum Gasteiger partial charge on any atom is -0.316 e. The van der Waals surface area contributed by atoms with E-state index < -0.39 is 0 Å². The molecule has 0 aliphatic heterocycles. The number of rotatable bonds is 5. The Morgan fingerprint density at radius 2 is 2.38 bits per heavy atom. The molecule has 1 unspecified atom stereocenters. The van der Waals surface area contributed by atoms with Crippen LogP contribution >= 0.6 is 11.3 Å². The fourth-order valence-electron chi connectivity index (χ4n) is 1.29. The molecule has 3 heteroatoms. The van der Waals surface area contributed by atoms with Gasteiger partial charge in [0.2, 0.25) is 0 Å². The summed E-state index contributed by atoms with van der Waals surface area (Å²) in [6.45, 7) is 4.35. The summed E-state index contributed by atoms with van der Waals surface area (Å²) >= 11 is 1.82. The van der Waals surface area contributed by atoms with E-state index in [1.165, 1.54) is 4.88 Å². The molecule has 0 saturated heterocycles. The average molecular weight is 198 g/mol. The van der Waals surface area contributed by atoms with Gasteiger partial charge in [-0.05, 0) is 32.5 Å². The number of hydrogen-bond acceptors (Lipinski definition) is 3. The highest BCUT2D eigenvalue weighted by Crippen LogP contribution is 2.10. The van der Waals surface area contributed by atoms with E-state index in [1.54, 1.807) is 0 Å². The molecular formula is C10H18N2S. The Morgan fingerprint density at radius 1 is 1.62 bits per heavy atom. The van der Waals surface area contributed by atoms with Crippen molar-refractivity contribution in [2.24, 2.45) is 0 Å². The molecule has 1 rings (SSSR count). The Hall–Kier alpha value is -0.380. The van der Waals surface area contributed by atoms with Gasteiger partial charge in [0.15, 0.2) is 0 Å². The van der Waals surface area contributed by atoms with Gasteiger partial charge < -0.3 is 5.32 Å². The Morgan fingerprint density at radius 3 is 2.92 bits per heavy atom. The largest absolute Gasteiger partial charge is 0.316 e. The molecule has 1 aromatic rings. The van der Waals surface area contributed by atoms with Crippen molar-refractivity contribution >= 4 is 11.3 Å². The molecule has 0 amide bonds. The van der Waals surface area contributed by atoms with Gasteiger partial charge in [0.05, 0.1) is 0 Å². The number of nitrogens with zero attached hydrogens (tertiary/aromatic N) is 1. The summed E-state index contributed by atoms with van der Waals surface area (Å²) in [4.78, 5) is 3.78. The fourth-order valence-corrected chi connectivity index (χ4v) is 2.08. The van der Waals surface area contributed by atoms with Crippen LogP contribution in [0.5, 0.6) is 0 Å². The van der Waals surface area contributed by atoms with Crippen molar-refractivity contribution in [2.45, 2.75) is 19.5 Å². The molecule has 1 aromatic heterocycles. The highest BCUT2D eigenvalue weighted by Gasteiger charge is 2.04. The van der Waals surface area contributed by atoms with Crippen LogP contribution in [0.1, 0.15) is 11.8 Å². The van der Waals surface area contributed by atoms with Gasteiger partial charge in [0.25, 0.3) is 0 Å². The van der Waals surface area contributed by atoms with Crippen LogP contribution in [0.3, 0.4) is 0 Å². The van der Waals surface area contributed by atoms with Crippen LogP contribution in [0.15, 0.2) is 17.5 Å². The second-order valence-electron chi connectivity index (χ2n) is 3.47. The summed E-state index contributed by atoms with van der Waals surface area (Å²) in [6, 6.07) is 4.85. The molecule has 1 atom stereocenters. The molecule has 2 nitrogen and oxygen atoms in total. The fraction of sp³-hybridized carbons (Fsp3) is 0.600. The number of nitrogens with one attached hydrogen (secondary N) is 1. The van der Waals surface area contributed by atoms with E-state index in [1.807, 2.05) is 18.4 Å². The molecule has 0 aromatic carbocycles. The van der Waals surface area contributed by atoms with Crippen LogP contribution in [0, 0.1) is 0 Å². The molecule has 0 aliphatic carbocycles. The van der Waals surface area contributed by atoms with E-state index in [0.29, 0.717) is 6.04 Å². The maximum Gasteiger partial charge on any atom is 0.0325 e. The van der Waals surface area contributed by atoms with Crippen molar-refractivity contribution in [3.05, 3.63) is 22.4 Å². The summed E-state index contributed by atoms with van der Waals surface area (Å²) in [5.41, 5.74) is 0. The first-order valence-electron chi connectivity index (χ1n) is 4.60. The first kappa shape index (κ1) is 10.7. The second-order valence-corrected chi connectivity index (χ2v) is 4.50. The Balaban J connectivity index is 2.29. The molecule has 0 aliphatic rings. The van der Waals surface area contributed by atoms with E-state index in [0.717, 1.165) is 13.1 Å². The minimum atomic E-state index is 0.560.